The van der Waals surface area contributed by atoms with Gasteiger partial charge in [-0.3, -0.25) is 0 Å². The van der Waals surface area contributed by atoms with E-state index in [2.05, 4.69) is 0 Å². The Labute approximate surface area is 39.0 Å². The molecular formula is C5H11O. The predicted molar refractivity (Wildman–Crippen MR) is 25.1 cm³/mol. The summed E-state index contributed by atoms with van der Waals surface area (Å²) in [5, 5.41) is 10.1. The van der Waals surface area contributed by atoms with Gasteiger partial charge in [0.05, 0.1) is 6.10 Å². The highest BCUT2D eigenvalue weighted by atomic mass is 16.3. The van der Waals surface area contributed by atoms with Crippen molar-refractivity contribution < 1.29 is 5.11 Å². The van der Waals surface area contributed by atoms with Crippen molar-refractivity contribution >= 4 is 0 Å². The van der Waals surface area contributed by atoms with Gasteiger partial charge in [0, 0.05) is 0 Å². The second kappa shape index (κ2) is 3.16. The second-order valence-corrected chi connectivity index (χ2v) is 1.60. The van der Waals surface area contributed by atoms with Crippen LogP contribution < -0.4 is 0 Å². The molecule has 1 nitrogen and oxygen atoms in total. The lowest BCUT2D eigenvalue weighted by atomic mass is 10.2. The van der Waals surface area contributed by atoms with Gasteiger partial charge in [-0.15, -0.1) is 0 Å². The summed E-state index contributed by atoms with van der Waals surface area (Å²) in [6.45, 7) is 3.72. The largest absolute Gasteiger partial charge is 0.233 e. The molecule has 0 rings (SSSR count). The first kappa shape index (κ1) is 5.96. The van der Waals surface area contributed by atoms with E-state index in [9.17, 15) is 5.11 Å². The van der Waals surface area contributed by atoms with Crippen LogP contribution >= 0.6 is 0 Å². The minimum Gasteiger partial charge on any atom is -0.233 e. The van der Waals surface area contributed by atoms with Gasteiger partial charge >= 0.3 is 0 Å². The third-order valence-corrected chi connectivity index (χ3v) is 0.695. The Morgan fingerprint density at radius 1 is 1.67 bits per heavy atom. The van der Waals surface area contributed by atoms with E-state index in [0.29, 0.717) is 0 Å². The Balaban J connectivity index is 2.63. The maximum Gasteiger partial charge on any atom is 0.0902 e. The summed E-state index contributed by atoms with van der Waals surface area (Å²) in [6, 6.07) is 0. The Kier molecular flexibility index (Phi) is 3.14. The van der Waals surface area contributed by atoms with E-state index in [1.54, 1.807) is 6.92 Å². The van der Waals surface area contributed by atoms with Gasteiger partial charge in [0.15, 0.2) is 0 Å². The van der Waals surface area contributed by atoms with Crippen molar-refractivity contribution in [2.45, 2.75) is 32.8 Å². The fraction of sp³-hybridized carbons (Fsp3) is 1.00. The molecule has 1 heteroatoms. The van der Waals surface area contributed by atoms with Gasteiger partial charge in [0.2, 0.25) is 0 Å². The second-order valence-electron chi connectivity index (χ2n) is 1.60. The smallest absolute Gasteiger partial charge is 0.0902 e. The SMILES string of the molecule is CCC[C@H](C)[O]. The molecule has 0 unspecified atom stereocenters. The zero-order chi connectivity index (χ0) is 4.99. The number of rotatable bonds is 2. The molecule has 1 atom stereocenters. The van der Waals surface area contributed by atoms with E-state index in [0.717, 1.165) is 12.8 Å². The molecule has 0 aromatic rings. The van der Waals surface area contributed by atoms with E-state index < -0.39 is 0 Å². The minimum atomic E-state index is -0.352. The topological polar surface area (TPSA) is 19.9 Å². The fourth-order valence-electron chi connectivity index (χ4n) is 0.407. The fourth-order valence-corrected chi connectivity index (χ4v) is 0.407. The maximum atomic E-state index is 10.1. The van der Waals surface area contributed by atoms with E-state index in [1.807, 2.05) is 6.92 Å². The van der Waals surface area contributed by atoms with Gasteiger partial charge in [0.1, 0.15) is 0 Å². The maximum absolute atomic E-state index is 10.1. The van der Waals surface area contributed by atoms with Crippen molar-refractivity contribution in [2.24, 2.45) is 0 Å². The Morgan fingerprint density at radius 2 is 2.17 bits per heavy atom. The predicted octanol–water partition coefficient (Wildman–Crippen LogP) is 1.61. The summed E-state index contributed by atoms with van der Waals surface area (Å²) in [5.41, 5.74) is 0. The molecule has 0 saturated heterocycles. The third kappa shape index (κ3) is 3.96. The van der Waals surface area contributed by atoms with Crippen LogP contribution in [0.2, 0.25) is 0 Å². The number of hydrogen-bond donors (Lipinski definition) is 0. The summed E-state index contributed by atoms with van der Waals surface area (Å²) in [5.74, 6) is 0. The molecule has 0 amide bonds. The van der Waals surface area contributed by atoms with Crippen molar-refractivity contribution in [1.82, 2.24) is 0 Å². The van der Waals surface area contributed by atoms with Crippen molar-refractivity contribution in [3.63, 3.8) is 0 Å². The molecule has 0 spiro atoms. The van der Waals surface area contributed by atoms with Crippen LogP contribution in [-0.4, -0.2) is 6.10 Å². The molecule has 0 aliphatic heterocycles. The molecule has 0 aromatic heterocycles. The lowest BCUT2D eigenvalue weighted by molar-refractivity contribution is 0.0970. The average molecular weight is 87.1 g/mol. The zero-order valence-electron chi connectivity index (χ0n) is 4.40. The third-order valence-electron chi connectivity index (χ3n) is 0.695. The molecule has 0 aliphatic carbocycles. The van der Waals surface area contributed by atoms with Crippen LogP contribution in [0.4, 0.5) is 0 Å². The molecule has 0 heterocycles. The zero-order valence-corrected chi connectivity index (χ0v) is 4.40. The number of hydrogen-bond acceptors (Lipinski definition) is 0. The van der Waals surface area contributed by atoms with Crippen molar-refractivity contribution in [3.05, 3.63) is 0 Å². The first-order valence-electron chi connectivity index (χ1n) is 2.43. The minimum absolute atomic E-state index is 0.352. The van der Waals surface area contributed by atoms with E-state index >= 15 is 0 Å². The quantitative estimate of drug-likeness (QED) is 0.487. The standard InChI is InChI=1S/C5H11O/c1-3-4-5(2)6/h5H,3-4H2,1-2H3/t5-/m0/s1. The molecule has 37 valence electrons. The van der Waals surface area contributed by atoms with Crippen molar-refractivity contribution in [2.75, 3.05) is 0 Å². The highest BCUT2D eigenvalue weighted by molar-refractivity contribution is 4.40. The molecule has 0 bridgehead atoms. The lowest BCUT2D eigenvalue weighted by Gasteiger charge is -1.92. The van der Waals surface area contributed by atoms with Crippen molar-refractivity contribution in [3.8, 4) is 0 Å². The summed E-state index contributed by atoms with van der Waals surface area (Å²) in [6.07, 6.45) is 1.49. The van der Waals surface area contributed by atoms with Gasteiger partial charge in [0.25, 0.3) is 0 Å². The highest BCUT2D eigenvalue weighted by Crippen LogP contribution is 1.92. The first-order chi connectivity index (χ1) is 2.77. The summed E-state index contributed by atoms with van der Waals surface area (Å²) >= 11 is 0. The Morgan fingerprint density at radius 3 is 2.17 bits per heavy atom. The molecule has 0 aromatic carbocycles. The summed E-state index contributed by atoms with van der Waals surface area (Å²) < 4.78 is 0. The van der Waals surface area contributed by atoms with E-state index in [-0.39, 0.29) is 6.10 Å². The van der Waals surface area contributed by atoms with Crippen LogP contribution in [0.5, 0.6) is 0 Å². The molecule has 0 saturated carbocycles. The summed E-state index contributed by atoms with van der Waals surface area (Å²) in [4.78, 5) is 0. The Bertz CT molecular complexity index is 25.1. The summed E-state index contributed by atoms with van der Waals surface area (Å²) in [7, 11) is 0. The normalized spacial score (nSPS) is 14.5. The van der Waals surface area contributed by atoms with Gasteiger partial charge < -0.3 is 0 Å². The molecule has 1 radical (unpaired) electrons. The highest BCUT2D eigenvalue weighted by Gasteiger charge is 1.90. The van der Waals surface area contributed by atoms with Crippen LogP contribution in [0.1, 0.15) is 26.7 Å². The molecule has 0 aliphatic rings. The first-order valence-corrected chi connectivity index (χ1v) is 2.43. The molecule has 0 fully saturated rings. The average Bonchev–Trinajstić information content (AvgIpc) is 1.35. The van der Waals surface area contributed by atoms with Gasteiger partial charge in [-0.2, -0.15) is 0 Å². The monoisotopic (exact) mass is 87.1 g/mol. The van der Waals surface area contributed by atoms with Crippen LogP contribution in [0.25, 0.3) is 0 Å². The Hall–Kier alpha value is -0.0400. The molecule has 0 N–H and O–H groups in total. The van der Waals surface area contributed by atoms with Crippen LogP contribution in [0.3, 0.4) is 0 Å². The van der Waals surface area contributed by atoms with Gasteiger partial charge in [-0.05, 0) is 13.3 Å². The van der Waals surface area contributed by atoms with Crippen LogP contribution in [-0.2, 0) is 5.11 Å². The van der Waals surface area contributed by atoms with Crippen LogP contribution in [0, 0.1) is 0 Å². The van der Waals surface area contributed by atoms with E-state index in [1.165, 1.54) is 0 Å². The van der Waals surface area contributed by atoms with Crippen LogP contribution in [0.15, 0.2) is 0 Å². The van der Waals surface area contributed by atoms with Gasteiger partial charge in [-0.25, -0.2) is 5.11 Å². The lowest BCUT2D eigenvalue weighted by Crippen LogP contribution is -1.93. The van der Waals surface area contributed by atoms with Gasteiger partial charge in [-0.1, -0.05) is 13.3 Å². The van der Waals surface area contributed by atoms with E-state index in [4.69, 9.17) is 0 Å². The molecule has 6 heavy (non-hydrogen) atoms. The molecular weight excluding hydrogens is 76.1 g/mol. The van der Waals surface area contributed by atoms with Crippen molar-refractivity contribution in [1.29, 1.82) is 0 Å².